The molecule has 1 aromatic carbocycles. The maximum absolute atomic E-state index is 13.3. The zero-order chi connectivity index (χ0) is 30.8. The predicted octanol–water partition coefficient (Wildman–Crippen LogP) is 5.20. The molecule has 10 nitrogen and oxygen atoms in total. The van der Waals surface area contributed by atoms with E-state index in [1.54, 1.807) is 7.05 Å². The molecule has 0 unspecified atom stereocenters. The average Bonchev–Trinajstić information content (AvgIpc) is 3.78. The van der Waals surface area contributed by atoms with Crippen molar-refractivity contribution in [1.82, 2.24) is 10.3 Å². The number of furan rings is 1. The Bertz CT molecular complexity index is 1590. The Hall–Kier alpha value is -3.44. The van der Waals surface area contributed by atoms with Crippen LogP contribution in [-0.2, 0) is 30.7 Å². The minimum atomic E-state index is -3.72. The lowest BCUT2D eigenvalue weighted by Gasteiger charge is -2.37. The van der Waals surface area contributed by atoms with E-state index in [1.807, 2.05) is 30.3 Å². The predicted molar refractivity (Wildman–Crippen MR) is 165 cm³/mol. The Morgan fingerprint density at radius 1 is 1.16 bits per heavy atom. The number of hydrogen-bond acceptors (Lipinski definition) is 8. The van der Waals surface area contributed by atoms with Crippen LogP contribution < -0.4 is 9.62 Å². The molecular weight excluding hydrogens is 570 g/mol. The van der Waals surface area contributed by atoms with Crippen molar-refractivity contribution in [3.8, 4) is 11.3 Å². The summed E-state index contributed by atoms with van der Waals surface area (Å²) >= 11 is 0. The largest absolute Gasteiger partial charge is 0.469 e. The number of aromatic nitrogens is 1. The molecule has 1 aliphatic heterocycles. The number of anilines is 1. The minimum Gasteiger partial charge on any atom is -0.469 e. The third-order valence-electron chi connectivity index (χ3n) is 8.79. The topological polar surface area (TPSA) is 128 Å². The van der Waals surface area contributed by atoms with Gasteiger partial charge in [0.2, 0.25) is 15.7 Å². The van der Waals surface area contributed by atoms with Gasteiger partial charge in [0.15, 0.2) is 0 Å². The van der Waals surface area contributed by atoms with Crippen LogP contribution in [0.3, 0.4) is 0 Å². The summed E-state index contributed by atoms with van der Waals surface area (Å²) in [6.45, 7) is 3.40. The van der Waals surface area contributed by atoms with Crippen molar-refractivity contribution >= 4 is 38.8 Å². The van der Waals surface area contributed by atoms with Crippen molar-refractivity contribution in [1.29, 1.82) is 0 Å². The number of hydrogen-bond donors (Lipinski definition) is 1. The number of methoxy groups -OCH3 is 1. The summed E-state index contributed by atoms with van der Waals surface area (Å²) in [6.07, 6.45) is 6.80. The minimum absolute atomic E-state index is 0.150. The van der Waals surface area contributed by atoms with Gasteiger partial charge in [0.1, 0.15) is 11.6 Å². The molecule has 1 aliphatic carbocycles. The van der Waals surface area contributed by atoms with Gasteiger partial charge in [-0.3, -0.25) is 13.9 Å². The first-order valence-electron chi connectivity index (χ1n) is 15.0. The smallest absolute Gasteiger partial charge is 0.306 e. The first-order valence-corrected chi connectivity index (χ1v) is 16.8. The second-order valence-corrected chi connectivity index (χ2v) is 13.7. The molecule has 3 heterocycles. The highest BCUT2D eigenvalue weighted by Gasteiger charge is 2.37. The lowest BCUT2D eigenvalue weighted by molar-refractivity contribution is -0.145. The van der Waals surface area contributed by atoms with Gasteiger partial charge in [0, 0.05) is 32.4 Å². The van der Waals surface area contributed by atoms with Crippen molar-refractivity contribution in [2.45, 2.75) is 64.2 Å². The van der Waals surface area contributed by atoms with E-state index in [0.29, 0.717) is 48.6 Å². The molecule has 5 rings (SSSR count). The summed E-state index contributed by atoms with van der Waals surface area (Å²) in [5.74, 6) is 0.332. The summed E-state index contributed by atoms with van der Waals surface area (Å²) in [4.78, 5) is 30.2. The van der Waals surface area contributed by atoms with Gasteiger partial charge in [-0.1, -0.05) is 31.2 Å². The molecule has 1 saturated heterocycles. The number of nitrogens with one attached hydrogen (secondary N) is 1. The number of esters is 1. The number of aryl methyl sites for hydroxylation is 1. The zero-order valence-corrected chi connectivity index (χ0v) is 26.2. The number of benzene rings is 1. The summed E-state index contributed by atoms with van der Waals surface area (Å²) in [6, 6.07) is 9.75. The second-order valence-electron chi connectivity index (χ2n) is 11.8. The van der Waals surface area contributed by atoms with Gasteiger partial charge in [-0.05, 0) is 73.5 Å². The SMILES string of the molecule is CCc1ccc(-c2oc3nc(N(CCCC4(CC(=O)OC)CCOCC4)S(C)(=O)=O)c(C4CC4)cc3c2C(=O)NC)cc1. The lowest BCUT2D eigenvalue weighted by Crippen LogP contribution is -2.36. The Morgan fingerprint density at radius 3 is 2.44 bits per heavy atom. The van der Waals surface area contributed by atoms with Crippen molar-refractivity contribution < 1.29 is 31.9 Å². The van der Waals surface area contributed by atoms with Crippen LogP contribution >= 0.6 is 0 Å². The van der Waals surface area contributed by atoms with Crippen LogP contribution in [0, 0.1) is 5.41 Å². The van der Waals surface area contributed by atoms with E-state index in [-0.39, 0.29) is 41.9 Å². The molecule has 0 radical (unpaired) electrons. The van der Waals surface area contributed by atoms with E-state index < -0.39 is 10.0 Å². The quantitative estimate of drug-likeness (QED) is 0.277. The van der Waals surface area contributed by atoms with Crippen molar-refractivity contribution in [3.63, 3.8) is 0 Å². The third-order valence-corrected chi connectivity index (χ3v) is 9.95. The number of pyridine rings is 1. The van der Waals surface area contributed by atoms with Gasteiger partial charge in [0.05, 0.1) is 30.7 Å². The van der Waals surface area contributed by atoms with E-state index in [1.165, 1.54) is 17.7 Å². The van der Waals surface area contributed by atoms with Crippen LogP contribution in [0.4, 0.5) is 5.82 Å². The van der Waals surface area contributed by atoms with Gasteiger partial charge in [-0.15, -0.1) is 0 Å². The van der Waals surface area contributed by atoms with Gasteiger partial charge in [0.25, 0.3) is 5.91 Å². The summed E-state index contributed by atoms with van der Waals surface area (Å²) in [5.41, 5.74) is 3.01. The Kier molecular flexibility index (Phi) is 9.12. The number of nitrogens with zero attached hydrogens (tertiary/aromatic N) is 2. The van der Waals surface area contributed by atoms with Gasteiger partial charge >= 0.3 is 5.97 Å². The second kappa shape index (κ2) is 12.7. The van der Waals surface area contributed by atoms with Crippen LogP contribution in [-0.4, -0.2) is 65.5 Å². The molecule has 2 aliphatic rings. The molecule has 1 saturated carbocycles. The maximum Gasteiger partial charge on any atom is 0.306 e. The van der Waals surface area contributed by atoms with Gasteiger partial charge in [-0.25, -0.2) is 8.42 Å². The lowest BCUT2D eigenvalue weighted by atomic mass is 9.74. The number of carbonyl (C=O) groups excluding carboxylic acids is 2. The average molecular weight is 612 g/mol. The Balaban J connectivity index is 1.53. The number of fused-ring (bicyclic) bond motifs is 1. The molecule has 2 fully saturated rings. The van der Waals surface area contributed by atoms with Crippen molar-refractivity contribution in [2.24, 2.45) is 5.41 Å². The molecule has 2 aromatic heterocycles. The van der Waals surface area contributed by atoms with Crippen LogP contribution in [0.5, 0.6) is 0 Å². The van der Waals surface area contributed by atoms with Crippen LogP contribution in [0.15, 0.2) is 34.7 Å². The monoisotopic (exact) mass is 611 g/mol. The standard InChI is InChI=1S/C32H41N3O7S/c1-5-21-7-9-23(10-8-21)28-27(30(37)33-2)25-19-24(22-11-12-22)29(34-31(25)42-28)35(43(4,38)39)16-6-13-32(20-26(36)40-3)14-17-41-18-15-32/h7-10,19,22H,5-6,11-18,20H2,1-4H3,(H,33,37). The number of rotatable bonds is 12. The molecule has 232 valence electrons. The van der Waals surface area contributed by atoms with Crippen molar-refractivity contribution in [2.75, 3.05) is 44.5 Å². The third kappa shape index (κ3) is 6.72. The normalized spacial score (nSPS) is 16.7. The fourth-order valence-electron chi connectivity index (χ4n) is 6.09. The first kappa shape index (κ1) is 31.0. The van der Waals surface area contributed by atoms with Gasteiger partial charge < -0.3 is 19.2 Å². The molecule has 1 amide bonds. The number of ether oxygens (including phenoxy) is 2. The number of sulfonamides is 1. The molecule has 1 N–H and O–H groups in total. The zero-order valence-electron chi connectivity index (χ0n) is 25.4. The molecule has 3 aromatic rings. The summed E-state index contributed by atoms with van der Waals surface area (Å²) < 4.78 is 44.6. The number of carbonyl (C=O) groups is 2. The first-order chi connectivity index (χ1) is 20.6. The molecular formula is C32H41N3O7S. The Morgan fingerprint density at radius 2 is 1.86 bits per heavy atom. The van der Waals surface area contributed by atoms with E-state index in [4.69, 9.17) is 18.9 Å². The molecule has 0 spiro atoms. The highest BCUT2D eigenvalue weighted by molar-refractivity contribution is 7.92. The fourth-order valence-corrected chi connectivity index (χ4v) is 7.02. The van der Waals surface area contributed by atoms with Crippen LogP contribution in [0.1, 0.15) is 79.3 Å². The highest BCUT2D eigenvalue weighted by atomic mass is 32.2. The number of amides is 1. The molecule has 43 heavy (non-hydrogen) atoms. The van der Waals surface area contributed by atoms with E-state index in [0.717, 1.165) is 48.8 Å². The van der Waals surface area contributed by atoms with E-state index in [9.17, 15) is 18.0 Å². The Labute approximate surface area is 253 Å². The fraction of sp³-hybridized carbons (Fsp3) is 0.531. The highest BCUT2D eigenvalue weighted by Crippen LogP contribution is 2.47. The van der Waals surface area contributed by atoms with Gasteiger partial charge in [-0.2, -0.15) is 4.98 Å². The molecule has 0 bridgehead atoms. The maximum atomic E-state index is 13.3. The van der Waals surface area contributed by atoms with Crippen molar-refractivity contribution in [3.05, 3.63) is 47.0 Å². The van der Waals surface area contributed by atoms with Crippen LogP contribution in [0.25, 0.3) is 22.4 Å². The molecule has 11 heteroatoms. The van der Waals surface area contributed by atoms with Crippen LogP contribution in [0.2, 0.25) is 0 Å². The van der Waals surface area contributed by atoms with E-state index >= 15 is 0 Å². The molecule has 0 atom stereocenters. The van der Waals surface area contributed by atoms with E-state index in [2.05, 4.69) is 12.2 Å². The summed E-state index contributed by atoms with van der Waals surface area (Å²) in [5, 5.41) is 3.29. The summed E-state index contributed by atoms with van der Waals surface area (Å²) in [7, 11) is -0.754.